The lowest BCUT2D eigenvalue weighted by atomic mass is 10.00. The number of hydrogen-bond donors (Lipinski definition) is 1. The summed E-state index contributed by atoms with van der Waals surface area (Å²) >= 11 is 0. The maximum absolute atomic E-state index is 14.4. The van der Waals surface area contributed by atoms with E-state index in [-0.39, 0.29) is 36.1 Å². The first-order valence-electron chi connectivity index (χ1n) is 11.4. The average molecular weight is 511 g/mol. The Morgan fingerprint density at radius 2 is 1.97 bits per heavy atom. The van der Waals surface area contributed by atoms with Crippen LogP contribution < -0.4 is 5.73 Å². The molecule has 1 aliphatic heterocycles. The molecule has 4 heterocycles. The summed E-state index contributed by atoms with van der Waals surface area (Å²) in [5.74, 6) is -0.721. The molecule has 0 spiro atoms. The van der Waals surface area contributed by atoms with Crippen LogP contribution in [0.5, 0.6) is 0 Å². The van der Waals surface area contributed by atoms with Gasteiger partial charge in [-0.05, 0) is 55.0 Å². The molecule has 190 valence electrons. The van der Waals surface area contributed by atoms with Crippen LogP contribution in [0, 0.1) is 5.82 Å². The first-order valence-corrected chi connectivity index (χ1v) is 11.4. The summed E-state index contributed by atoms with van der Waals surface area (Å²) in [7, 11) is 0. The summed E-state index contributed by atoms with van der Waals surface area (Å²) in [4.78, 5) is 27.3. The summed E-state index contributed by atoms with van der Waals surface area (Å²) in [6.45, 7) is 1.80. The quantitative estimate of drug-likeness (QED) is 0.370. The maximum Gasteiger partial charge on any atom is 0.417 e. The van der Waals surface area contributed by atoms with E-state index in [4.69, 9.17) is 10.5 Å². The topological polar surface area (TPSA) is 94.2 Å². The van der Waals surface area contributed by atoms with Crippen LogP contribution in [0.1, 0.15) is 51.5 Å². The number of rotatable bonds is 5. The molecule has 1 unspecified atom stereocenters. The smallest absolute Gasteiger partial charge is 0.383 e. The number of fused-ring (bicyclic) bond motifs is 3. The Morgan fingerprint density at radius 3 is 2.68 bits per heavy atom. The zero-order chi connectivity index (χ0) is 26.3. The highest BCUT2D eigenvalue weighted by molar-refractivity contribution is 5.99. The number of ether oxygens (including phenoxy) is 1. The molecular weight excluding hydrogens is 490 g/mol. The molecule has 0 saturated carbocycles. The summed E-state index contributed by atoms with van der Waals surface area (Å²) in [5.41, 5.74) is 7.92. The monoisotopic (exact) mass is 511 g/mol. The average Bonchev–Trinajstić information content (AvgIpc) is 3.26. The Morgan fingerprint density at radius 1 is 1.16 bits per heavy atom. The molecule has 1 aliphatic rings. The van der Waals surface area contributed by atoms with Crippen LogP contribution in [0.25, 0.3) is 10.9 Å². The molecular formula is C26H21F4N5O2. The number of hydrogen-bond acceptors (Lipinski definition) is 6. The van der Waals surface area contributed by atoms with E-state index >= 15 is 0 Å². The van der Waals surface area contributed by atoms with Gasteiger partial charge >= 0.3 is 6.18 Å². The van der Waals surface area contributed by atoms with Gasteiger partial charge in [0.1, 0.15) is 11.6 Å². The highest BCUT2D eigenvalue weighted by atomic mass is 19.4. The molecule has 11 heteroatoms. The Bertz CT molecular complexity index is 1490. The molecule has 7 nitrogen and oxygen atoms in total. The standard InChI is InChI=1S/C26H21F4N5O2/c1-14-23-19(13-37-14)18-9-15(4-7-21(18)34-24(23)31)25(36)35(12-22-20(27)3-2-8-32-22)11-17-6-5-16(10-33-17)26(28,29)30/h2-10,14H,11-13H2,1H3,(H2,31,34). The van der Waals surface area contributed by atoms with E-state index in [1.165, 1.54) is 29.3 Å². The first kappa shape index (κ1) is 24.6. The number of carbonyl (C=O) groups excluding carboxylic acids is 1. The number of alkyl halides is 3. The number of pyridine rings is 3. The molecule has 4 aromatic rings. The number of benzene rings is 1. The predicted molar refractivity (Wildman–Crippen MR) is 126 cm³/mol. The minimum absolute atomic E-state index is 0.0149. The molecule has 0 saturated heterocycles. The highest BCUT2D eigenvalue weighted by Gasteiger charge is 2.31. The van der Waals surface area contributed by atoms with Crippen molar-refractivity contribution in [1.29, 1.82) is 0 Å². The molecule has 2 N–H and O–H groups in total. The van der Waals surface area contributed by atoms with E-state index in [0.29, 0.717) is 29.5 Å². The van der Waals surface area contributed by atoms with Crippen LogP contribution in [-0.4, -0.2) is 25.8 Å². The van der Waals surface area contributed by atoms with Crippen molar-refractivity contribution in [3.8, 4) is 0 Å². The van der Waals surface area contributed by atoms with Gasteiger partial charge in [0.15, 0.2) is 0 Å². The molecule has 0 bridgehead atoms. The fourth-order valence-electron chi connectivity index (χ4n) is 4.38. The molecule has 1 amide bonds. The maximum atomic E-state index is 14.4. The van der Waals surface area contributed by atoms with Crippen LogP contribution in [0.15, 0.2) is 54.9 Å². The van der Waals surface area contributed by atoms with Gasteiger partial charge in [-0.25, -0.2) is 9.37 Å². The van der Waals surface area contributed by atoms with Crippen LogP contribution in [0.4, 0.5) is 23.4 Å². The van der Waals surface area contributed by atoms with E-state index in [1.54, 1.807) is 18.2 Å². The van der Waals surface area contributed by atoms with E-state index in [9.17, 15) is 22.4 Å². The highest BCUT2D eigenvalue weighted by Crippen LogP contribution is 2.38. The molecule has 0 aliphatic carbocycles. The molecule has 0 fully saturated rings. The van der Waals surface area contributed by atoms with Gasteiger partial charge in [-0.2, -0.15) is 13.2 Å². The number of halogens is 4. The number of nitrogens with two attached hydrogens (primary N) is 1. The van der Waals surface area contributed by atoms with Crippen molar-refractivity contribution in [3.05, 3.63) is 94.3 Å². The lowest BCUT2D eigenvalue weighted by Crippen LogP contribution is -2.31. The van der Waals surface area contributed by atoms with Gasteiger partial charge in [0.05, 0.1) is 48.3 Å². The Kier molecular flexibility index (Phi) is 6.24. The number of nitrogens with zero attached hydrogens (tertiary/aromatic N) is 4. The van der Waals surface area contributed by atoms with Crippen molar-refractivity contribution >= 4 is 22.6 Å². The van der Waals surface area contributed by atoms with E-state index in [2.05, 4.69) is 15.0 Å². The summed E-state index contributed by atoms with van der Waals surface area (Å²) in [6.07, 6.45) is -2.67. The third kappa shape index (κ3) is 4.82. The first-order chi connectivity index (χ1) is 17.6. The number of aromatic nitrogens is 3. The van der Waals surface area contributed by atoms with Crippen LogP contribution in [-0.2, 0) is 30.6 Å². The Balaban J connectivity index is 1.52. The van der Waals surface area contributed by atoms with Gasteiger partial charge in [-0.15, -0.1) is 0 Å². The van der Waals surface area contributed by atoms with Gasteiger partial charge in [-0.3, -0.25) is 14.8 Å². The number of carbonyl (C=O) groups is 1. The van der Waals surface area contributed by atoms with Gasteiger partial charge in [-0.1, -0.05) is 0 Å². The third-order valence-corrected chi connectivity index (χ3v) is 6.26. The molecule has 37 heavy (non-hydrogen) atoms. The second kappa shape index (κ2) is 9.40. The fourth-order valence-corrected chi connectivity index (χ4v) is 4.38. The molecule has 1 aromatic carbocycles. The van der Waals surface area contributed by atoms with E-state index < -0.39 is 23.5 Å². The van der Waals surface area contributed by atoms with Crippen LogP contribution in [0.2, 0.25) is 0 Å². The van der Waals surface area contributed by atoms with Crippen molar-refractivity contribution in [2.24, 2.45) is 0 Å². The Hall–Kier alpha value is -4.12. The summed E-state index contributed by atoms with van der Waals surface area (Å²) in [6, 6.07) is 9.64. The number of amides is 1. The van der Waals surface area contributed by atoms with Crippen LogP contribution in [0.3, 0.4) is 0 Å². The lowest BCUT2D eigenvalue weighted by Gasteiger charge is -2.23. The number of nitrogen functional groups attached to an aromatic ring is 1. The summed E-state index contributed by atoms with van der Waals surface area (Å²) < 4.78 is 59.0. The van der Waals surface area contributed by atoms with Crippen molar-refractivity contribution < 1.29 is 27.1 Å². The normalized spacial score (nSPS) is 15.1. The fraction of sp³-hybridized carbons (Fsp3) is 0.231. The zero-order valence-corrected chi connectivity index (χ0v) is 19.6. The SMILES string of the molecule is CC1OCc2c1c(N)nc1ccc(C(=O)N(Cc3ccc(C(F)(F)F)cn3)Cc3ncccc3F)cc21. The molecule has 3 aromatic heterocycles. The largest absolute Gasteiger partial charge is 0.417 e. The molecule has 0 radical (unpaired) electrons. The predicted octanol–water partition coefficient (Wildman–Crippen LogP) is 5.20. The van der Waals surface area contributed by atoms with Gasteiger partial charge in [0, 0.05) is 28.9 Å². The van der Waals surface area contributed by atoms with Crippen molar-refractivity contribution in [3.63, 3.8) is 0 Å². The van der Waals surface area contributed by atoms with Gasteiger partial charge in [0.2, 0.25) is 0 Å². The molecule has 1 atom stereocenters. The van der Waals surface area contributed by atoms with Crippen molar-refractivity contribution in [1.82, 2.24) is 19.9 Å². The van der Waals surface area contributed by atoms with Crippen molar-refractivity contribution in [2.45, 2.75) is 38.9 Å². The van der Waals surface area contributed by atoms with E-state index in [1.807, 2.05) is 6.92 Å². The Labute approximate surface area is 208 Å². The number of anilines is 1. The van der Waals surface area contributed by atoms with E-state index in [0.717, 1.165) is 17.2 Å². The van der Waals surface area contributed by atoms with Gasteiger partial charge in [0.25, 0.3) is 5.91 Å². The minimum Gasteiger partial charge on any atom is -0.383 e. The third-order valence-electron chi connectivity index (χ3n) is 6.26. The second-order valence-electron chi connectivity index (χ2n) is 8.70. The lowest BCUT2D eigenvalue weighted by molar-refractivity contribution is -0.137. The van der Waals surface area contributed by atoms with Crippen molar-refractivity contribution in [2.75, 3.05) is 5.73 Å². The van der Waals surface area contributed by atoms with Crippen LogP contribution >= 0.6 is 0 Å². The molecule has 5 rings (SSSR count). The minimum atomic E-state index is -4.54. The summed E-state index contributed by atoms with van der Waals surface area (Å²) in [5, 5.41) is 0.705. The second-order valence-corrected chi connectivity index (χ2v) is 8.70. The zero-order valence-electron chi connectivity index (χ0n) is 19.6. The van der Waals surface area contributed by atoms with Gasteiger partial charge < -0.3 is 15.4 Å².